The number of para-hydroxylation sites is 2. The number of thioether (sulfide) groups is 1. The zero-order chi connectivity index (χ0) is 22.8. The molecule has 5 rings (SSSR count). The number of carbonyl (C=O) groups excluding carboxylic acids is 1. The van der Waals surface area contributed by atoms with E-state index in [9.17, 15) is 4.79 Å². The molecule has 33 heavy (non-hydrogen) atoms. The maximum Gasteiger partial charge on any atom is 0.234 e. The summed E-state index contributed by atoms with van der Waals surface area (Å²) in [5, 5.41) is 13.6. The fraction of sp³-hybridized carbons (Fsp3) is 0.320. The Morgan fingerprint density at radius 2 is 1.91 bits per heavy atom. The topological polar surface area (TPSA) is 71.8 Å². The number of nitrogens with one attached hydrogen (secondary N) is 1. The van der Waals surface area contributed by atoms with Gasteiger partial charge in [0.15, 0.2) is 10.8 Å². The van der Waals surface area contributed by atoms with Gasteiger partial charge in [-0.15, -0.1) is 10.2 Å². The van der Waals surface area contributed by atoms with Crippen LogP contribution in [0.5, 0.6) is 5.75 Å². The highest BCUT2D eigenvalue weighted by atomic mass is 32.2. The van der Waals surface area contributed by atoms with E-state index in [2.05, 4.69) is 32.5 Å². The van der Waals surface area contributed by atoms with Crippen LogP contribution in [0.2, 0.25) is 0 Å². The molecule has 1 aliphatic rings. The molecule has 1 fully saturated rings. The van der Waals surface area contributed by atoms with Crippen molar-refractivity contribution in [3.8, 4) is 5.75 Å². The first-order chi connectivity index (χ1) is 16.1. The third-order valence-corrected chi connectivity index (χ3v) is 6.97. The second-order valence-electron chi connectivity index (χ2n) is 8.30. The number of benzene rings is 2. The van der Waals surface area contributed by atoms with Crippen molar-refractivity contribution in [1.82, 2.24) is 14.6 Å². The Bertz CT molecular complexity index is 1310. The summed E-state index contributed by atoms with van der Waals surface area (Å²) in [5.74, 6) is 0.996. The molecule has 4 aromatic rings. The third kappa shape index (κ3) is 4.35. The molecule has 3 heterocycles. The lowest BCUT2D eigenvalue weighted by Gasteiger charge is -2.30. The van der Waals surface area contributed by atoms with Crippen LogP contribution in [0.25, 0.3) is 16.6 Å². The molecule has 8 heteroatoms. The molecule has 0 spiro atoms. The number of carbonyl (C=O) groups is 1. The number of fused-ring (bicyclic) bond motifs is 3. The molecule has 0 saturated carbocycles. The largest absolute Gasteiger partial charge is 0.497 e. The first kappa shape index (κ1) is 21.6. The van der Waals surface area contributed by atoms with Gasteiger partial charge >= 0.3 is 0 Å². The van der Waals surface area contributed by atoms with E-state index in [1.165, 1.54) is 31.0 Å². The highest BCUT2D eigenvalue weighted by molar-refractivity contribution is 7.99. The summed E-state index contributed by atoms with van der Waals surface area (Å²) in [7, 11) is 1.66. The first-order valence-corrected chi connectivity index (χ1v) is 12.2. The Labute approximate surface area is 197 Å². The van der Waals surface area contributed by atoms with Gasteiger partial charge in [-0.05, 0) is 68.1 Å². The lowest BCUT2D eigenvalue weighted by Crippen LogP contribution is -2.30. The smallest absolute Gasteiger partial charge is 0.234 e. The van der Waals surface area contributed by atoms with Crippen LogP contribution in [0.1, 0.15) is 24.8 Å². The molecular weight excluding hydrogens is 434 g/mol. The van der Waals surface area contributed by atoms with Crippen LogP contribution < -0.4 is 15.0 Å². The highest BCUT2D eigenvalue weighted by Gasteiger charge is 2.17. The minimum atomic E-state index is -0.0557. The molecular formula is C25H27N5O2S. The van der Waals surface area contributed by atoms with E-state index in [0.717, 1.165) is 52.3 Å². The SMILES string of the molecule is COc1ccc2c(c1)cc(C)c1nnc(SCC(=O)Nc3ccccc3N3CCCCC3)n12. The second-order valence-corrected chi connectivity index (χ2v) is 9.24. The summed E-state index contributed by atoms with van der Waals surface area (Å²) < 4.78 is 7.39. The number of anilines is 2. The van der Waals surface area contributed by atoms with Crippen molar-refractivity contribution in [3.63, 3.8) is 0 Å². The van der Waals surface area contributed by atoms with Crippen LogP contribution >= 0.6 is 11.8 Å². The molecule has 0 radical (unpaired) electrons. The molecule has 2 aromatic heterocycles. The molecule has 1 N–H and O–H groups in total. The maximum absolute atomic E-state index is 12.9. The minimum Gasteiger partial charge on any atom is -0.497 e. The Morgan fingerprint density at radius 3 is 2.73 bits per heavy atom. The lowest BCUT2D eigenvalue weighted by molar-refractivity contribution is -0.113. The average molecular weight is 462 g/mol. The van der Waals surface area contributed by atoms with Gasteiger partial charge in [-0.3, -0.25) is 9.20 Å². The average Bonchev–Trinajstić information content (AvgIpc) is 3.28. The molecule has 0 unspecified atom stereocenters. The quantitative estimate of drug-likeness (QED) is 0.411. The van der Waals surface area contributed by atoms with Crippen LogP contribution in [0, 0.1) is 6.92 Å². The van der Waals surface area contributed by atoms with E-state index in [0.29, 0.717) is 5.16 Å². The van der Waals surface area contributed by atoms with Crippen molar-refractivity contribution in [2.24, 2.45) is 0 Å². The van der Waals surface area contributed by atoms with Crippen LogP contribution in [0.3, 0.4) is 0 Å². The number of nitrogens with zero attached hydrogens (tertiary/aromatic N) is 4. The number of pyridine rings is 1. The van der Waals surface area contributed by atoms with E-state index in [1.807, 2.05) is 47.7 Å². The fourth-order valence-electron chi connectivity index (χ4n) is 4.42. The summed E-state index contributed by atoms with van der Waals surface area (Å²) >= 11 is 1.39. The number of rotatable bonds is 6. The third-order valence-electron chi connectivity index (χ3n) is 6.04. The van der Waals surface area contributed by atoms with E-state index in [4.69, 9.17) is 4.74 Å². The molecule has 7 nitrogen and oxygen atoms in total. The Kier molecular flexibility index (Phi) is 6.09. The molecule has 0 bridgehead atoms. The van der Waals surface area contributed by atoms with Crippen LogP contribution in [-0.2, 0) is 4.79 Å². The van der Waals surface area contributed by atoms with Crippen molar-refractivity contribution in [3.05, 3.63) is 54.1 Å². The van der Waals surface area contributed by atoms with Crippen molar-refractivity contribution in [1.29, 1.82) is 0 Å². The Balaban J connectivity index is 1.36. The zero-order valence-electron chi connectivity index (χ0n) is 18.9. The zero-order valence-corrected chi connectivity index (χ0v) is 19.7. The van der Waals surface area contributed by atoms with Crippen molar-refractivity contribution < 1.29 is 9.53 Å². The van der Waals surface area contributed by atoms with Crippen LogP contribution in [-0.4, -0.2) is 46.5 Å². The molecule has 0 atom stereocenters. The van der Waals surface area contributed by atoms with E-state index < -0.39 is 0 Å². The van der Waals surface area contributed by atoms with Gasteiger partial charge in [-0.2, -0.15) is 0 Å². The molecule has 1 aliphatic heterocycles. The number of ether oxygens (including phenoxy) is 1. The van der Waals surface area contributed by atoms with Crippen molar-refractivity contribution in [2.45, 2.75) is 31.3 Å². The predicted octanol–water partition coefficient (Wildman–Crippen LogP) is 4.92. The summed E-state index contributed by atoms with van der Waals surface area (Å²) in [4.78, 5) is 15.2. The predicted molar refractivity (Wildman–Crippen MR) is 134 cm³/mol. The van der Waals surface area contributed by atoms with E-state index in [1.54, 1.807) is 7.11 Å². The number of hydrogen-bond acceptors (Lipinski definition) is 6. The monoisotopic (exact) mass is 461 g/mol. The summed E-state index contributed by atoms with van der Waals surface area (Å²) in [6.45, 7) is 4.08. The number of aromatic nitrogens is 3. The molecule has 170 valence electrons. The normalized spacial score (nSPS) is 14.1. The van der Waals surface area contributed by atoms with Gasteiger partial charge in [0.25, 0.3) is 0 Å². The Hall–Kier alpha value is -3.26. The first-order valence-electron chi connectivity index (χ1n) is 11.2. The molecule has 2 aromatic carbocycles. The summed E-state index contributed by atoms with van der Waals surface area (Å²) in [6, 6.07) is 16.1. The number of hydrogen-bond donors (Lipinski definition) is 1. The van der Waals surface area contributed by atoms with Gasteiger partial charge in [0.05, 0.1) is 29.8 Å². The van der Waals surface area contributed by atoms with E-state index >= 15 is 0 Å². The number of amides is 1. The van der Waals surface area contributed by atoms with Gasteiger partial charge in [-0.1, -0.05) is 23.9 Å². The van der Waals surface area contributed by atoms with Crippen molar-refractivity contribution >= 4 is 45.6 Å². The Morgan fingerprint density at radius 1 is 1.09 bits per heavy atom. The maximum atomic E-state index is 12.9. The van der Waals surface area contributed by atoms with Gasteiger partial charge in [0.2, 0.25) is 5.91 Å². The van der Waals surface area contributed by atoms with Gasteiger partial charge < -0.3 is 15.0 Å². The van der Waals surface area contributed by atoms with Gasteiger partial charge in [0, 0.05) is 18.5 Å². The molecule has 1 amide bonds. The number of aryl methyl sites for hydroxylation is 1. The number of methoxy groups -OCH3 is 1. The number of piperidine rings is 1. The van der Waals surface area contributed by atoms with Crippen LogP contribution in [0.4, 0.5) is 11.4 Å². The standard InChI is InChI=1S/C25H27N5O2S/c1-17-14-18-15-19(32-2)10-11-21(18)30-24(17)27-28-25(30)33-16-23(31)26-20-8-4-5-9-22(20)29-12-6-3-7-13-29/h4-5,8-11,14-15H,3,6-7,12-13,16H2,1-2H3,(H,26,31). The molecule has 0 aliphatic carbocycles. The minimum absolute atomic E-state index is 0.0557. The van der Waals surface area contributed by atoms with Crippen LogP contribution in [0.15, 0.2) is 53.7 Å². The second kappa shape index (κ2) is 9.31. The van der Waals surface area contributed by atoms with Gasteiger partial charge in [0.1, 0.15) is 5.75 Å². The van der Waals surface area contributed by atoms with Gasteiger partial charge in [-0.25, -0.2) is 0 Å². The highest BCUT2D eigenvalue weighted by Crippen LogP contribution is 2.30. The lowest BCUT2D eigenvalue weighted by atomic mass is 10.1. The summed E-state index contributed by atoms with van der Waals surface area (Å²) in [5.41, 5.74) is 4.77. The fourth-order valence-corrected chi connectivity index (χ4v) is 5.16. The molecule has 1 saturated heterocycles. The van der Waals surface area contributed by atoms with E-state index in [-0.39, 0.29) is 11.7 Å². The summed E-state index contributed by atoms with van der Waals surface area (Å²) in [6.07, 6.45) is 3.66. The van der Waals surface area contributed by atoms with Crippen molar-refractivity contribution in [2.75, 3.05) is 36.2 Å².